The third-order valence-electron chi connectivity index (χ3n) is 4.07. The summed E-state index contributed by atoms with van der Waals surface area (Å²) in [4.78, 5) is 27.1. The largest absolute Gasteiger partial charge is 0.478 e. The first-order chi connectivity index (χ1) is 9.58. The van der Waals surface area contributed by atoms with E-state index in [0.29, 0.717) is 12.6 Å². The quantitative estimate of drug-likeness (QED) is 0.900. The molecule has 1 heterocycles. The number of anilines is 1. The van der Waals surface area contributed by atoms with Crippen molar-refractivity contribution < 1.29 is 14.7 Å². The van der Waals surface area contributed by atoms with Gasteiger partial charge >= 0.3 is 12.0 Å². The highest BCUT2D eigenvalue weighted by molar-refractivity contribution is 5.95. The lowest BCUT2D eigenvalue weighted by atomic mass is 9.99. The molecule has 3 rings (SSSR count). The Labute approximate surface area is 117 Å². The summed E-state index contributed by atoms with van der Waals surface area (Å²) < 4.78 is 0. The molecular weight excluding hydrogens is 256 g/mol. The van der Waals surface area contributed by atoms with Crippen molar-refractivity contribution >= 4 is 17.7 Å². The summed E-state index contributed by atoms with van der Waals surface area (Å²) >= 11 is 0. The minimum atomic E-state index is -0.925. The minimum absolute atomic E-state index is 0.0246. The van der Waals surface area contributed by atoms with Gasteiger partial charge in [-0.2, -0.15) is 0 Å². The second-order valence-corrected chi connectivity index (χ2v) is 5.53. The summed E-state index contributed by atoms with van der Waals surface area (Å²) in [6, 6.07) is 5.43. The van der Waals surface area contributed by atoms with Gasteiger partial charge in [0.1, 0.15) is 0 Å². The average Bonchev–Trinajstić information content (AvgIpc) is 3.29. The number of carbonyl (C=O) groups excluding carboxylic acids is 1. The molecule has 106 valence electrons. The molecule has 0 bridgehead atoms. The van der Waals surface area contributed by atoms with Crippen LogP contribution in [0.5, 0.6) is 0 Å². The Morgan fingerprint density at radius 1 is 1.35 bits per heavy atom. The number of urea groups is 1. The van der Waals surface area contributed by atoms with E-state index in [0.717, 1.165) is 36.9 Å². The van der Waals surface area contributed by atoms with Crippen LogP contribution in [0.15, 0.2) is 18.2 Å². The van der Waals surface area contributed by atoms with Crippen molar-refractivity contribution in [3.05, 3.63) is 29.3 Å². The van der Waals surface area contributed by atoms with Crippen LogP contribution < -0.4 is 4.90 Å². The van der Waals surface area contributed by atoms with Crippen molar-refractivity contribution in [3.63, 3.8) is 0 Å². The Kier molecular flexibility index (Phi) is 3.12. The van der Waals surface area contributed by atoms with Gasteiger partial charge < -0.3 is 10.0 Å². The maximum absolute atomic E-state index is 12.5. The number of aryl methyl sites for hydroxylation is 1. The molecule has 0 saturated heterocycles. The van der Waals surface area contributed by atoms with Gasteiger partial charge in [0.2, 0.25) is 0 Å². The predicted octanol–water partition coefficient (Wildman–Crippen LogP) is 2.35. The lowest BCUT2D eigenvalue weighted by Crippen LogP contribution is -2.44. The van der Waals surface area contributed by atoms with Crippen molar-refractivity contribution in [1.29, 1.82) is 0 Å². The zero-order valence-electron chi connectivity index (χ0n) is 11.5. The fourth-order valence-corrected chi connectivity index (χ4v) is 2.74. The van der Waals surface area contributed by atoms with E-state index in [1.807, 2.05) is 7.05 Å². The third kappa shape index (κ3) is 2.24. The fourth-order valence-electron chi connectivity index (χ4n) is 2.74. The summed E-state index contributed by atoms with van der Waals surface area (Å²) in [5.74, 6) is -0.925. The molecule has 1 saturated carbocycles. The Morgan fingerprint density at radius 2 is 2.10 bits per heavy atom. The lowest BCUT2D eigenvalue weighted by Gasteiger charge is -2.33. The SMILES string of the molecule is CN(C(=O)N1CCCc2cc(C(=O)O)ccc21)C1CC1. The molecule has 5 heteroatoms. The van der Waals surface area contributed by atoms with Gasteiger partial charge in [-0.3, -0.25) is 4.90 Å². The van der Waals surface area contributed by atoms with Gasteiger partial charge in [-0.25, -0.2) is 9.59 Å². The molecule has 1 aliphatic carbocycles. The second kappa shape index (κ2) is 4.81. The molecule has 1 aromatic rings. The number of benzene rings is 1. The Balaban J connectivity index is 1.89. The fraction of sp³-hybridized carbons (Fsp3) is 0.467. The van der Waals surface area contributed by atoms with E-state index >= 15 is 0 Å². The molecule has 0 aromatic heterocycles. The number of hydrogen-bond donors (Lipinski definition) is 1. The highest BCUT2D eigenvalue weighted by atomic mass is 16.4. The van der Waals surface area contributed by atoms with Gasteiger partial charge in [-0.1, -0.05) is 0 Å². The number of carboxylic acids is 1. The lowest BCUT2D eigenvalue weighted by molar-refractivity contribution is 0.0696. The number of carbonyl (C=O) groups is 2. The van der Waals surface area contributed by atoms with Crippen molar-refractivity contribution in [3.8, 4) is 0 Å². The van der Waals surface area contributed by atoms with Gasteiger partial charge in [-0.05, 0) is 49.4 Å². The van der Waals surface area contributed by atoms with E-state index in [-0.39, 0.29) is 11.6 Å². The van der Waals surface area contributed by atoms with Crippen LogP contribution in [0.1, 0.15) is 35.2 Å². The third-order valence-corrected chi connectivity index (χ3v) is 4.07. The molecule has 1 N–H and O–H groups in total. The van der Waals surface area contributed by atoms with Gasteiger partial charge in [-0.15, -0.1) is 0 Å². The standard InChI is InChI=1S/C15H18N2O3/c1-16(12-5-6-12)15(20)17-8-2-3-10-9-11(14(18)19)4-7-13(10)17/h4,7,9,12H,2-3,5-6,8H2,1H3,(H,18,19). The molecule has 2 amide bonds. The van der Waals surface area contributed by atoms with E-state index in [1.165, 1.54) is 0 Å². The number of aromatic carboxylic acids is 1. The van der Waals surface area contributed by atoms with E-state index in [9.17, 15) is 9.59 Å². The molecule has 1 aliphatic heterocycles. The topological polar surface area (TPSA) is 60.9 Å². The Morgan fingerprint density at radius 3 is 2.75 bits per heavy atom. The Hall–Kier alpha value is -2.04. The molecule has 2 aliphatic rings. The first-order valence-corrected chi connectivity index (χ1v) is 6.98. The number of fused-ring (bicyclic) bond motifs is 1. The number of carboxylic acid groups (broad SMARTS) is 1. The molecule has 20 heavy (non-hydrogen) atoms. The highest BCUT2D eigenvalue weighted by Gasteiger charge is 2.34. The normalized spacial score (nSPS) is 17.6. The van der Waals surface area contributed by atoms with Crippen LogP contribution >= 0.6 is 0 Å². The number of amides is 2. The van der Waals surface area contributed by atoms with Crippen LogP contribution in [-0.2, 0) is 6.42 Å². The summed E-state index contributed by atoms with van der Waals surface area (Å²) in [6.07, 6.45) is 3.87. The van der Waals surface area contributed by atoms with Crippen LogP contribution in [0.25, 0.3) is 0 Å². The molecule has 1 aromatic carbocycles. The molecule has 0 unspecified atom stereocenters. The van der Waals surface area contributed by atoms with Crippen molar-refractivity contribution in [1.82, 2.24) is 4.90 Å². The van der Waals surface area contributed by atoms with Crippen LogP contribution in [0.2, 0.25) is 0 Å². The highest BCUT2D eigenvalue weighted by Crippen LogP contribution is 2.32. The zero-order chi connectivity index (χ0) is 14.3. The maximum atomic E-state index is 12.5. The molecule has 0 atom stereocenters. The minimum Gasteiger partial charge on any atom is -0.478 e. The van der Waals surface area contributed by atoms with Crippen molar-refractivity contribution in [2.75, 3.05) is 18.5 Å². The van der Waals surface area contributed by atoms with Crippen LogP contribution in [0.4, 0.5) is 10.5 Å². The summed E-state index contributed by atoms with van der Waals surface area (Å²) in [6.45, 7) is 0.704. The van der Waals surface area contributed by atoms with E-state index in [4.69, 9.17) is 5.11 Å². The number of rotatable bonds is 2. The summed E-state index contributed by atoms with van der Waals surface area (Å²) in [5.41, 5.74) is 2.10. The molecule has 0 radical (unpaired) electrons. The molecule has 1 fully saturated rings. The van der Waals surface area contributed by atoms with Gasteiger partial charge in [0.25, 0.3) is 0 Å². The van der Waals surface area contributed by atoms with E-state index in [2.05, 4.69) is 0 Å². The Bertz CT molecular complexity index is 566. The monoisotopic (exact) mass is 274 g/mol. The number of hydrogen-bond acceptors (Lipinski definition) is 2. The smallest absolute Gasteiger partial charge is 0.335 e. The van der Waals surface area contributed by atoms with Crippen LogP contribution in [0, 0.1) is 0 Å². The van der Waals surface area contributed by atoms with Gasteiger partial charge in [0.15, 0.2) is 0 Å². The molecule has 0 spiro atoms. The number of nitrogens with zero attached hydrogens (tertiary/aromatic N) is 2. The molecular formula is C15H18N2O3. The average molecular weight is 274 g/mol. The first kappa shape index (κ1) is 13.0. The zero-order valence-corrected chi connectivity index (χ0v) is 11.5. The summed E-state index contributed by atoms with van der Waals surface area (Å²) in [5, 5.41) is 9.04. The van der Waals surface area contributed by atoms with Crippen molar-refractivity contribution in [2.24, 2.45) is 0 Å². The first-order valence-electron chi connectivity index (χ1n) is 6.98. The summed E-state index contributed by atoms with van der Waals surface area (Å²) in [7, 11) is 1.85. The maximum Gasteiger partial charge on any atom is 0.335 e. The van der Waals surface area contributed by atoms with E-state index in [1.54, 1.807) is 28.0 Å². The molecule has 5 nitrogen and oxygen atoms in total. The van der Waals surface area contributed by atoms with Gasteiger partial charge in [0.05, 0.1) is 5.56 Å². The van der Waals surface area contributed by atoms with Crippen LogP contribution in [0.3, 0.4) is 0 Å². The predicted molar refractivity (Wildman–Crippen MR) is 75.2 cm³/mol. The van der Waals surface area contributed by atoms with Crippen LogP contribution in [-0.4, -0.2) is 41.6 Å². The van der Waals surface area contributed by atoms with Gasteiger partial charge in [0, 0.05) is 25.3 Å². The second-order valence-electron chi connectivity index (χ2n) is 5.53. The van der Waals surface area contributed by atoms with E-state index < -0.39 is 5.97 Å². The van der Waals surface area contributed by atoms with Crippen molar-refractivity contribution in [2.45, 2.75) is 31.7 Å².